The van der Waals surface area contributed by atoms with Crippen molar-refractivity contribution < 1.29 is 19.1 Å². The molecule has 2 rings (SSSR count). The van der Waals surface area contributed by atoms with E-state index in [1.165, 1.54) is 6.07 Å². The van der Waals surface area contributed by atoms with Crippen LogP contribution in [0.25, 0.3) is 0 Å². The van der Waals surface area contributed by atoms with Gasteiger partial charge in [-0.3, -0.25) is 9.59 Å². The molecule has 1 aromatic rings. The number of carboxylic acids is 1. The van der Waals surface area contributed by atoms with Crippen LogP contribution < -0.4 is 0 Å². The van der Waals surface area contributed by atoms with Gasteiger partial charge in [0.05, 0.1) is 16.4 Å². The fraction of sp³-hybridized carbons (Fsp3) is 0.467. The molecule has 2 atom stereocenters. The Kier molecular flexibility index (Phi) is 4.66. The first kappa shape index (κ1) is 15.9. The summed E-state index contributed by atoms with van der Waals surface area (Å²) in [6, 6.07) is 3.74. The number of hydrogen-bond acceptors (Lipinski definition) is 2. The number of carbonyl (C=O) groups is 2. The minimum absolute atomic E-state index is 0.0872. The summed E-state index contributed by atoms with van der Waals surface area (Å²) in [5.74, 6) is -2.22. The van der Waals surface area contributed by atoms with Crippen LogP contribution in [-0.2, 0) is 9.59 Å². The molecule has 0 radical (unpaired) electrons. The molecule has 2 unspecified atom stereocenters. The highest BCUT2D eigenvalue weighted by Crippen LogP contribution is 2.39. The highest BCUT2D eigenvalue weighted by Gasteiger charge is 2.41. The molecule has 1 aromatic carbocycles. The molecule has 0 saturated carbocycles. The van der Waals surface area contributed by atoms with Gasteiger partial charge in [0.2, 0.25) is 5.91 Å². The number of piperidine rings is 1. The SMILES string of the molecule is CC(C)N1C(=O)CCC(C(=O)O)C1c1ccc(Br)c(F)c1. The number of nitrogens with zero attached hydrogens (tertiary/aromatic N) is 1. The Morgan fingerprint density at radius 3 is 2.67 bits per heavy atom. The number of carbonyl (C=O) groups excluding carboxylic acids is 1. The monoisotopic (exact) mass is 357 g/mol. The second-order valence-electron chi connectivity index (χ2n) is 5.50. The maximum atomic E-state index is 13.8. The normalized spacial score (nSPS) is 22.7. The van der Waals surface area contributed by atoms with Gasteiger partial charge in [0.25, 0.3) is 0 Å². The molecule has 0 spiro atoms. The molecule has 1 aliphatic rings. The Hall–Kier alpha value is -1.43. The van der Waals surface area contributed by atoms with E-state index in [1.54, 1.807) is 17.0 Å². The summed E-state index contributed by atoms with van der Waals surface area (Å²) in [4.78, 5) is 25.3. The molecule has 1 amide bonds. The van der Waals surface area contributed by atoms with Gasteiger partial charge in [-0.1, -0.05) is 6.07 Å². The van der Waals surface area contributed by atoms with E-state index in [1.807, 2.05) is 13.8 Å². The molecule has 1 fully saturated rings. The Morgan fingerprint density at radius 2 is 2.14 bits per heavy atom. The number of benzene rings is 1. The van der Waals surface area contributed by atoms with Crippen LogP contribution in [0.15, 0.2) is 22.7 Å². The van der Waals surface area contributed by atoms with Crippen LogP contribution in [0.3, 0.4) is 0 Å². The van der Waals surface area contributed by atoms with Crippen molar-refractivity contribution in [2.75, 3.05) is 0 Å². The van der Waals surface area contributed by atoms with E-state index in [4.69, 9.17) is 0 Å². The molecule has 0 aliphatic carbocycles. The summed E-state index contributed by atoms with van der Waals surface area (Å²) in [6.45, 7) is 3.68. The van der Waals surface area contributed by atoms with E-state index in [0.29, 0.717) is 10.0 Å². The van der Waals surface area contributed by atoms with Crippen LogP contribution in [0.2, 0.25) is 0 Å². The molecule has 4 nitrogen and oxygen atoms in total. The highest BCUT2D eigenvalue weighted by molar-refractivity contribution is 9.10. The molecule has 21 heavy (non-hydrogen) atoms. The molecule has 0 bridgehead atoms. The second-order valence-corrected chi connectivity index (χ2v) is 6.35. The summed E-state index contributed by atoms with van der Waals surface area (Å²) >= 11 is 3.08. The van der Waals surface area contributed by atoms with E-state index >= 15 is 0 Å². The third-order valence-corrected chi connectivity index (χ3v) is 4.44. The first-order chi connectivity index (χ1) is 9.82. The summed E-state index contributed by atoms with van der Waals surface area (Å²) in [6.07, 6.45) is 0.490. The maximum Gasteiger partial charge on any atom is 0.308 e. The van der Waals surface area contributed by atoms with Gasteiger partial charge in [-0.05, 0) is 53.9 Å². The van der Waals surface area contributed by atoms with Gasteiger partial charge >= 0.3 is 5.97 Å². The first-order valence-electron chi connectivity index (χ1n) is 6.82. The van der Waals surface area contributed by atoms with Gasteiger partial charge < -0.3 is 10.0 Å². The minimum atomic E-state index is -0.957. The van der Waals surface area contributed by atoms with Gasteiger partial charge in [0.15, 0.2) is 0 Å². The Morgan fingerprint density at radius 1 is 1.48 bits per heavy atom. The molecule has 0 aromatic heterocycles. The Labute approximate surface area is 131 Å². The highest BCUT2D eigenvalue weighted by atomic mass is 79.9. The summed E-state index contributed by atoms with van der Waals surface area (Å²) in [7, 11) is 0. The van der Waals surface area contributed by atoms with Crippen molar-refractivity contribution >= 4 is 27.8 Å². The number of hydrogen-bond donors (Lipinski definition) is 1. The number of rotatable bonds is 3. The topological polar surface area (TPSA) is 57.6 Å². The van der Waals surface area contributed by atoms with E-state index < -0.39 is 23.7 Å². The number of likely N-dealkylation sites (tertiary alicyclic amines) is 1. The molecule has 1 N–H and O–H groups in total. The van der Waals surface area contributed by atoms with Crippen LogP contribution in [0.5, 0.6) is 0 Å². The molecule has 1 aliphatic heterocycles. The number of halogens is 2. The standard InChI is InChI=1S/C15H17BrFNO3/c1-8(2)18-13(19)6-4-10(15(20)21)14(18)9-3-5-11(16)12(17)7-9/h3,5,7-8,10,14H,4,6H2,1-2H3,(H,20,21). The summed E-state index contributed by atoms with van der Waals surface area (Å²) < 4.78 is 14.1. The first-order valence-corrected chi connectivity index (χ1v) is 7.61. The third kappa shape index (κ3) is 3.10. The van der Waals surface area contributed by atoms with Crippen molar-refractivity contribution in [1.82, 2.24) is 4.90 Å². The zero-order valence-electron chi connectivity index (χ0n) is 11.8. The van der Waals surface area contributed by atoms with Crippen molar-refractivity contribution in [2.45, 2.75) is 38.8 Å². The minimum Gasteiger partial charge on any atom is -0.481 e. The lowest BCUT2D eigenvalue weighted by Gasteiger charge is -2.42. The lowest BCUT2D eigenvalue weighted by Crippen LogP contribution is -2.48. The van der Waals surface area contributed by atoms with Crippen LogP contribution >= 0.6 is 15.9 Å². The molecular formula is C15H17BrFNO3. The molecule has 114 valence electrons. The van der Waals surface area contributed by atoms with Gasteiger partial charge in [-0.25, -0.2) is 4.39 Å². The zero-order chi connectivity index (χ0) is 15.7. The van der Waals surface area contributed by atoms with Gasteiger partial charge in [-0.2, -0.15) is 0 Å². The maximum absolute atomic E-state index is 13.8. The van der Waals surface area contributed by atoms with Crippen molar-refractivity contribution in [3.8, 4) is 0 Å². The average Bonchev–Trinajstić information content (AvgIpc) is 2.40. The Bertz CT molecular complexity index is 576. The zero-order valence-corrected chi connectivity index (χ0v) is 13.4. The van der Waals surface area contributed by atoms with E-state index in [9.17, 15) is 19.1 Å². The smallest absolute Gasteiger partial charge is 0.308 e. The molecule has 6 heteroatoms. The third-order valence-electron chi connectivity index (χ3n) is 3.80. The number of carboxylic acid groups (broad SMARTS) is 1. The van der Waals surface area contributed by atoms with Crippen molar-refractivity contribution in [3.63, 3.8) is 0 Å². The predicted molar refractivity (Wildman–Crippen MR) is 79.2 cm³/mol. The quantitative estimate of drug-likeness (QED) is 0.902. The van der Waals surface area contributed by atoms with Gasteiger partial charge in [0.1, 0.15) is 5.82 Å². The lowest BCUT2D eigenvalue weighted by atomic mass is 9.83. The van der Waals surface area contributed by atoms with E-state index in [2.05, 4.69) is 15.9 Å². The fourth-order valence-electron chi connectivity index (χ4n) is 2.87. The average molecular weight is 358 g/mol. The van der Waals surface area contributed by atoms with Gasteiger partial charge in [-0.15, -0.1) is 0 Å². The van der Waals surface area contributed by atoms with Crippen molar-refractivity contribution in [1.29, 1.82) is 0 Å². The number of aliphatic carboxylic acids is 1. The largest absolute Gasteiger partial charge is 0.481 e. The summed E-state index contributed by atoms with van der Waals surface area (Å²) in [5, 5.41) is 9.44. The van der Waals surface area contributed by atoms with E-state index in [-0.39, 0.29) is 24.8 Å². The van der Waals surface area contributed by atoms with Gasteiger partial charge in [0, 0.05) is 12.5 Å². The lowest BCUT2D eigenvalue weighted by molar-refractivity contribution is -0.153. The van der Waals surface area contributed by atoms with Crippen LogP contribution in [-0.4, -0.2) is 27.9 Å². The van der Waals surface area contributed by atoms with E-state index in [0.717, 1.165) is 0 Å². The van der Waals surface area contributed by atoms with Crippen molar-refractivity contribution in [2.24, 2.45) is 5.92 Å². The van der Waals surface area contributed by atoms with Crippen LogP contribution in [0.4, 0.5) is 4.39 Å². The molecule has 1 heterocycles. The predicted octanol–water partition coefficient (Wildman–Crippen LogP) is 3.36. The fourth-order valence-corrected chi connectivity index (χ4v) is 3.12. The number of amides is 1. The molecule has 1 saturated heterocycles. The molecular weight excluding hydrogens is 341 g/mol. The van der Waals surface area contributed by atoms with Crippen LogP contribution in [0, 0.1) is 11.7 Å². The van der Waals surface area contributed by atoms with Crippen molar-refractivity contribution in [3.05, 3.63) is 34.1 Å². The second kappa shape index (κ2) is 6.13. The summed E-state index contributed by atoms with van der Waals surface area (Å²) in [5.41, 5.74) is 0.518. The van der Waals surface area contributed by atoms with Crippen LogP contribution in [0.1, 0.15) is 38.3 Å². The Balaban J connectivity index is 2.51.